The van der Waals surface area contributed by atoms with Gasteiger partial charge in [0.05, 0.1) is 21.8 Å². The van der Waals surface area contributed by atoms with Crippen LogP contribution in [0.2, 0.25) is 10.0 Å². The molecule has 2 aromatic carbocycles. The summed E-state index contributed by atoms with van der Waals surface area (Å²) in [7, 11) is 0. The molecule has 0 amide bonds. The van der Waals surface area contributed by atoms with Gasteiger partial charge in [-0.3, -0.25) is 14.2 Å². The van der Waals surface area contributed by atoms with Crippen molar-refractivity contribution in [2.45, 2.75) is 19.9 Å². The third-order valence-corrected chi connectivity index (χ3v) is 6.83. The smallest absolute Gasteiger partial charge is 0.338 e. The molecule has 0 saturated carbocycles. The van der Waals surface area contributed by atoms with E-state index in [1.165, 1.54) is 28.9 Å². The number of fused-ring (bicyclic) bond motifs is 1. The maximum Gasteiger partial charge on any atom is 0.338 e. The van der Waals surface area contributed by atoms with E-state index in [1.807, 2.05) is 0 Å². The minimum absolute atomic E-state index is 0.00715. The van der Waals surface area contributed by atoms with E-state index < -0.39 is 18.0 Å². The monoisotopic (exact) mass is 542 g/mol. The summed E-state index contributed by atoms with van der Waals surface area (Å²) in [6, 6.07) is 10.8. The van der Waals surface area contributed by atoms with Crippen molar-refractivity contribution in [3.05, 3.63) is 107 Å². The van der Waals surface area contributed by atoms with Gasteiger partial charge < -0.3 is 9.47 Å². The molecule has 1 aromatic heterocycles. The minimum Gasteiger partial charge on any atom is -0.458 e. The van der Waals surface area contributed by atoms with Gasteiger partial charge in [0.1, 0.15) is 12.4 Å². The molecule has 1 aliphatic heterocycles. The Balaban J connectivity index is 1.90. The molecule has 10 heteroatoms. The second-order valence-corrected chi connectivity index (χ2v) is 9.65. The fourth-order valence-electron chi connectivity index (χ4n) is 3.75. The van der Waals surface area contributed by atoms with Crippen LogP contribution in [-0.2, 0) is 14.3 Å². The number of nitrogens with zero attached hydrogens (tertiary/aromatic N) is 2. The van der Waals surface area contributed by atoms with Crippen molar-refractivity contribution >= 4 is 52.6 Å². The summed E-state index contributed by atoms with van der Waals surface area (Å²) in [5, 5.41) is 0.880. The van der Waals surface area contributed by atoms with E-state index in [9.17, 15) is 14.4 Å². The van der Waals surface area contributed by atoms with Crippen molar-refractivity contribution in [2.24, 2.45) is 4.99 Å². The van der Waals surface area contributed by atoms with Crippen LogP contribution in [-0.4, -0.2) is 23.1 Å². The zero-order valence-electron chi connectivity index (χ0n) is 19.3. The van der Waals surface area contributed by atoms with E-state index in [0.717, 1.165) is 0 Å². The number of allylic oxidation sites excluding steroid dienone is 1. The number of carbonyl (C=O) groups excluding carboxylic acids is 2. The summed E-state index contributed by atoms with van der Waals surface area (Å²) in [6.07, 6.45) is 3.13. The molecule has 1 atom stereocenters. The van der Waals surface area contributed by atoms with Gasteiger partial charge in [-0.05, 0) is 48.4 Å². The molecule has 36 heavy (non-hydrogen) atoms. The quantitative estimate of drug-likeness (QED) is 0.264. The maximum atomic E-state index is 13.6. The summed E-state index contributed by atoms with van der Waals surface area (Å²) < 4.78 is 12.3. The number of thiazole rings is 1. The highest BCUT2D eigenvalue weighted by Gasteiger charge is 2.33. The Labute approximate surface area is 220 Å². The second kappa shape index (κ2) is 10.7. The molecule has 3 aromatic rings. The number of carbonyl (C=O) groups is 2. The zero-order chi connectivity index (χ0) is 26.0. The van der Waals surface area contributed by atoms with Gasteiger partial charge in [-0.2, -0.15) is 0 Å². The lowest BCUT2D eigenvalue weighted by molar-refractivity contribution is -0.138. The summed E-state index contributed by atoms with van der Waals surface area (Å²) in [6.45, 7) is 6.58. The van der Waals surface area contributed by atoms with Crippen LogP contribution in [0.5, 0.6) is 5.75 Å². The molecule has 0 bridgehead atoms. The molecule has 1 unspecified atom stereocenters. The van der Waals surface area contributed by atoms with E-state index in [4.69, 9.17) is 32.7 Å². The number of rotatable bonds is 6. The van der Waals surface area contributed by atoms with Gasteiger partial charge in [0.15, 0.2) is 4.80 Å². The molecule has 0 spiro atoms. The molecule has 2 heterocycles. The highest BCUT2D eigenvalue weighted by molar-refractivity contribution is 7.07. The summed E-state index contributed by atoms with van der Waals surface area (Å²) >= 11 is 13.5. The highest BCUT2D eigenvalue weighted by atomic mass is 35.5. The summed E-state index contributed by atoms with van der Waals surface area (Å²) in [5.74, 6) is -0.728. The highest BCUT2D eigenvalue weighted by Crippen LogP contribution is 2.31. The topological polar surface area (TPSA) is 87.0 Å². The van der Waals surface area contributed by atoms with Gasteiger partial charge in [0.2, 0.25) is 0 Å². The van der Waals surface area contributed by atoms with Crippen LogP contribution in [0.3, 0.4) is 0 Å². The Kier molecular flexibility index (Phi) is 7.59. The Morgan fingerprint density at radius 1 is 1.19 bits per heavy atom. The first kappa shape index (κ1) is 25.6. The molecule has 184 valence electrons. The first-order valence-electron chi connectivity index (χ1n) is 10.7. The summed E-state index contributed by atoms with van der Waals surface area (Å²) in [4.78, 5) is 43.0. The van der Waals surface area contributed by atoms with Crippen LogP contribution in [0.4, 0.5) is 0 Å². The predicted molar refractivity (Wildman–Crippen MR) is 139 cm³/mol. The van der Waals surface area contributed by atoms with Gasteiger partial charge in [0, 0.05) is 17.0 Å². The van der Waals surface area contributed by atoms with Crippen molar-refractivity contribution in [1.29, 1.82) is 0 Å². The number of hydrogen-bond acceptors (Lipinski definition) is 7. The first-order valence-corrected chi connectivity index (χ1v) is 12.3. The molecule has 1 aliphatic rings. The standard InChI is InChI=1S/C26H20Cl2N2O5S/c1-4-11-34-25(33)22-14(2)29-26-30(23(22)16-6-9-19(10-7-16)35-15(3)31)24(32)21(36-26)12-17-5-8-18(27)13-20(17)28/h4-10,12-13,23H,1,11H2,2-3H3. The fourth-order valence-corrected chi connectivity index (χ4v) is 5.25. The van der Waals surface area contributed by atoms with E-state index in [1.54, 1.807) is 55.5 Å². The predicted octanol–water partition coefficient (Wildman–Crippen LogP) is 4.20. The molecule has 0 N–H and O–H groups in total. The van der Waals surface area contributed by atoms with Gasteiger partial charge >= 0.3 is 11.9 Å². The van der Waals surface area contributed by atoms with Gasteiger partial charge in [0.25, 0.3) is 5.56 Å². The van der Waals surface area contributed by atoms with Gasteiger partial charge in [-0.25, -0.2) is 9.79 Å². The number of aromatic nitrogens is 1. The lowest BCUT2D eigenvalue weighted by atomic mass is 9.96. The maximum absolute atomic E-state index is 13.6. The molecule has 0 radical (unpaired) electrons. The number of hydrogen-bond donors (Lipinski definition) is 0. The largest absolute Gasteiger partial charge is 0.458 e. The average Bonchev–Trinajstić information content (AvgIpc) is 3.13. The fraction of sp³-hybridized carbons (Fsp3) is 0.154. The SMILES string of the molecule is C=CCOC(=O)C1=C(C)N=c2sc(=Cc3ccc(Cl)cc3Cl)c(=O)n2C1c1ccc(OC(C)=O)cc1. The number of ether oxygens (including phenoxy) is 2. The number of benzene rings is 2. The third kappa shape index (κ3) is 5.21. The third-order valence-electron chi connectivity index (χ3n) is 5.28. The Hall–Kier alpha value is -3.46. The Morgan fingerprint density at radius 2 is 1.92 bits per heavy atom. The van der Waals surface area contributed by atoms with Crippen LogP contribution in [0.15, 0.2) is 76.2 Å². The number of esters is 2. The van der Waals surface area contributed by atoms with Crippen LogP contribution < -0.4 is 19.6 Å². The van der Waals surface area contributed by atoms with Gasteiger partial charge in [-0.15, -0.1) is 0 Å². The first-order chi connectivity index (χ1) is 17.2. The Morgan fingerprint density at radius 3 is 2.56 bits per heavy atom. The lowest BCUT2D eigenvalue weighted by Gasteiger charge is -2.24. The molecule has 7 nitrogen and oxygen atoms in total. The minimum atomic E-state index is -0.812. The molecule has 0 saturated heterocycles. The molecule has 0 fully saturated rings. The van der Waals surface area contributed by atoms with Crippen LogP contribution in [0.1, 0.15) is 31.0 Å². The van der Waals surface area contributed by atoms with Crippen molar-refractivity contribution < 1.29 is 19.1 Å². The van der Waals surface area contributed by atoms with E-state index in [2.05, 4.69) is 11.6 Å². The van der Waals surface area contributed by atoms with Crippen LogP contribution >= 0.6 is 34.5 Å². The Bertz CT molecular complexity index is 1590. The zero-order valence-corrected chi connectivity index (χ0v) is 21.6. The normalized spacial score (nSPS) is 15.2. The van der Waals surface area contributed by atoms with E-state index in [-0.39, 0.29) is 17.7 Å². The number of halogens is 2. The average molecular weight is 543 g/mol. The van der Waals surface area contributed by atoms with Crippen molar-refractivity contribution in [3.8, 4) is 5.75 Å². The van der Waals surface area contributed by atoms with Crippen molar-refractivity contribution in [2.75, 3.05) is 6.61 Å². The molecule has 0 aliphatic carbocycles. The van der Waals surface area contributed by atoms with Crippen molar-refractivity contribution in [1.82, 2.24) is 4.57 Å². The molecular formula is C26H20Cl2N2O5S. The van der Waals surface area contributed by atoms with Crippen LogP contribution in [0, 0.1) is 0 Å². The van der Waals surface area contributed by atoms with E-state index in [0.29, 0.717) is 42.0 Å². The molecular weight excluding hydrogens is 523 g/mol. The van der Waals surface area contributed by atoms with E-state index >= 15 is 0 Å². The van der Waals surface area contributed by atoms with Gasteiger partial charge in [-0.1, -0.05) is 65.4 Å². The molecule has 4 rings (SSSR count). The van der Waals surface area contributed by atoms with Crippen LogP contribution in [0.25, 0.3) is 6.08 Å². The second-order valence-electron chi connectivity index (χ2n) is 7.80. The summed E-state index contributed by atoms with van der Waals surface area (Å²) in [5.41, 5.74) is 1.54. The lowest BCUT2D eigenvalue weighted by Crippen LogP contribution is -2.39. The van der Waals surface area contributed by atoms with Crippen molar-refractivity contribution in [3.63, 3.8) is 0 Å².